The van der Waals surface area contributed by atoms with Crippen molar-refractivity contribution >= 4 is 11.8 Å². The molecule has 0 unspecified atom stereocenters. The average Bonchev–Trinajstić information content (AvgIpc) is 2.73. The molecule has 0 aliphatic carbocycles. The van der Waals surface area contributed by atoms with Crippen LogP contribution in [-0.2, 0) is 0 Å². The zero-order valence-corrected chi connectivity index (χ0v) is 16.7. The van der Waals surface area contributed by atoms with Crippen LogP contribution in [-0.4, -0.2) is 42.5 Å². The van der Waals surface area contributed by atoms with Gasteiger partial charge in [0.25, 0.3) is 0 Å². The number of halogens is 3. The molecule has 0 aromatic heterocycles. The molecule has 0 bridgehead atoms. The predicted molar refractivity (Wildman–Crippen MR) is 104 cm³/mol. The second-order valence-electron chi connectivity index (χ2n) is 6.89. The van der Waals surface area contributed by atoms with Crippen LogP contribution in [0.25, 0.3) is 0 Å². The number of urea groups is 1. The van der Waals surface area contributed by atoms with Crippen LogP contribution in [0, 0.1) is 5.92 Å². The smallest absolute Gasteiger partial charge is 0.437 e. The van der Waals surface area contributed by atoms with Crippen LogP contribution < -0.4 is 20.1 Å². The number of alkyl halides is 3. The van der Waals surface area contributed by atoms with Crippen molar-refractivity contribution in [2.24, 2.45) is 5.92 Å². The molecular weight excluding hydrogens is 417 g/mol. The van der Waals surface area contributed by atoms with E-state index < -0.39 is 35.7 Å². The number of aliphatic hydroxyl groups is 1. The van der Waals surface area contributed by atoms with Gasteiger partial charge in [0.15, 0.2) is 17.3 Å². The van der Waals surface area contributed by atoms with E-state index in [-0.39, 0.29) is 16.9 Å². The Labute approximate surface area is 176 Å². The molecule has 1 aliphatic rings. The third-order valence-corrected chi connectivity index (χ3v) is 4.99. The molecule has 0 radical (unpaired) electrons. The monoisotopic (exact) mass is 438 g/mol. The Kier molecular flexibility index (Phi) is 6.12. The minimum atomic E-state index is -5.33. The summed E-state index contributed by atoms with van der Waals surface area (Å²) in [5.41, 5.74) is -3.71. The third-order valence-electron chi connectivity index (χ3n) is 4.99. The van der Waals surface area contributed by atoms with E-state index in [1.54, 1.807) is 13.0 Å². The summed E-state index contributed by atoms with van der Waals surface area (Å²) in [6, 6.07) is 8.72. The summed E-state index contributed by atoms with van der Waals surface area (Å²) in [6.45, 7) is 2.07. The highest BCUT2D eigenvalue weighted by Gasteiger charge is 2.66. The van der Waals surface area contributed by atoms with Crippen LogP contribution in [0.3, 0.4) is 0 Å². The van der Waals surface area contributed by atoms with Crippen molar-refractivity contribution in [3.05, 3.63) is 59.7 Å². The van der Waals surface area contributed by atoms with E-state index in [0.29, 0.717) is 12.4 Å². The Morgan fingerprint density at radius 1 is 1.16 bits per heavy atom. The molecular formula is C21H21F3N2O5. The summed E-state index contributed by atoms with van der Waals surface area (Å²) < 4.78 is 52.4. The standard InChI is InChI=1S/C21H21F3N2O5/c1-3-31-14-10-9-13(11-15(14)30-2)17-16(18(27)12-7-5-4-6-8-12)20(29,21(22,23)24)26-19(28)25-17/h4-11,16-17,29H,3H2,1-2H3,(H2,25,26,28)/t16-,17+,20+/m1/s1. The normalized spacial score (nSPS) is 23.5. The maximum absolute atomic E-state index is 13.9. The number of amides is 2. The molecule has 3 rings (SSSR count). The van der Waals surface area contributed by atoms with Gasteiger partial charge in [-0.3, -0.25) is 4.79 Å². The lowest BCUT2D eigenvalue weighted by atomic mass is 9.77. The largest absolute Gasteiger partial charge is 0.493 e. The molecule has 3 N–H and O–H groups in total. The maximum Gasteiger partial charge on any atom is 0.437 e. The molecule has 7 nitrogen and oxygen atoms in total. The van der Waals surface area contributed by atoms with E-state index in [0.717, 1.165) is 0 Å². The number of carbonyl (C=O) groups is 2. The zero-order valence-electron chi connectivity index (χ0n) is 16.7. The lowest BCUT2D eigenvalue weighted by molar-refractivity contribution is -0.287. The summed E-state index contributed by atoms with van der Waals surface area (Å²) in [7, 11) is 1.35. The van der Waals surface area contributed by atoms with Crippen LogP contribution in [0.5, 0.6) is 11.5 Å². The van der Waals surface area contributed by atoms with Gasteiger partial charge in [-0.15, -0.1) is 0 Å². The number of Topliss-reactive ketones (excluding diaryl/α,β-unsaturated/α-hetero) is 1. The minimum Gasteiger partial charge on any atom is -0.493 e. The number of carbonyl (C=O) groups excluding carboxylic acids is 2. The number of ketones is 1. The van der Waals surface area contributed by atoms with E-state index in [4.69, 9.17) is 9.47 Å². The number of nitrogens with one attached hydrogen (secondary N) is 2. The molecule has 1 aliphatic heterocycles. The van der Waals surface area contributed by atoms with Crippen LogP contribution >= 0.6 is 0 Å². The first kappa shape index (κ1) is 22.4. The van der Waals surface area contributed by atoms with Gasteiger partial charge in [-0.1, -0.05) is 36.4 Å². The molecule has 166 valence electrons. The molecule has 1 fully saturated rings. The maximum atomic E-state index is 13.9. The predicted octanol–water partition coefficient (Wildman–Crippen LogP) is 3.20. The fraction of sp³-hybridized carbons (Fsp3) is 0.333. The molecule has 10 heteroatoms. The fourth-order valence-corrected chi connectivity index (χ4v) is 3.55. The number of methoxy groups -OCH3 is 1. The average molecular weight is 438 g/mol. The Balaban J connectivity index is 2.16. The van der Waals surface area contributed by atoms with Crippen molar-refractivity contribution in [2.75, 3.05) is 13.7 Å². The molecule has 3 atom stereocenters. The first-order chi connectivity index (χ1) is 14.6. The van der Waals surface area contributed by atoms with Gasteiger partial charge in [0, 0.05) is 5.56 Å². The Morgan fingerprint density at radius 2 is 1.84 bits per heavy atom. The van der Waals surface area contributed by atoms with E-state index in [9.17, 15) is 27.9 Å². The van der Waals surface area contributed by atoms with Gasteiger partial charge in [-0.05, 0) is 24.6 Å². The topological polar surface area (TPSA) is 96.9 Å². The first-order valence-electron chi connectivity index (χ1n) is 9.40. The summed E-state index contributed by atoms with van der Waals surface area (Å²) >= 11 is 0. The van der Waals surface area contributed by atoms with Crippen LogP contribution in [0.4, 0.5) is 18.0 Å². The van der Waals surface area contributed by atoms with Gasteiger partial charge in [0.2, 0.25) is 5.72 Å². The van der Waals surface area contributed by atoms with Gasteiger partial charge < -0.3 is 25.2 Å². The fourth-order valence-electron chi connectivity index (χ4n) is 3.55. The van der Waals surface area contributed by atoms with E-state index in [1.807, 2.05) is 0 Å². The lowest BCUT2D eigenvalue weighted by Crippen LogP contribution is -2.72. The highest BCUT2D eigenvalue weighted by atomic mass is 19.4. The number of hydrogen-bond donors (Lipinski definition) is 3. The van der Waals surface area contributed by atoms with E-state index >= 15 is 0 Å². The molecule has 1 saturated heterocycles. The second kappa shape index (κ2) is 8.46. The van der Waals surface area contributed by atoms with Crippen LogP contribution in [0.2, 0.25) is 0 Å². The number of benzene rings is 2. The number of hydrogen-bond acceptors (Lipinski definition) is 5. The van der Waals surface area contributed by atoms with Crippen molar-refractivity contribution < 1.29 is 37.3 Å². The minimum absolute atomic E-state index is 0.0453. The molecule has 2 aromatic rings. The second-order valence-corrected chi connectivity index (χ2v) is 6.89. The van der Waals surface area contributed by atoms with Crippen LogP contribution in [0.15, 0.2) is 48.5 Å². The lowest BCUT2D eigenvalue weighted by Gasteiger charge is -2.45. The number of ether oxygens (including phenoxy) is 2. The zero-order chi connectivity index (χ0) is 22.8. The van der Waals surface area contributed by atoms with Crippen molar-refractivity contribution in [2.45, 2.75) is 24.9 Å². The number of rotatable bonds is 6. The van der Waals surface area contributed by atoms with Gasteiger partial charge >= 0.3 is 12.2 Å². The third kappa shape index (κ3) is 4.15. The van der Waals surface area contributed by atoms with Gasteiger partial charge in [-0.2, -0.15) is 13.2 Å². The Hall–Kier alpha value is -3.27. The SMILES string of the molecule is CCOc1ccc([C@@H]2NC(=O)N[C@@](O)(C(F)(F)F)[C@H]2C(=O)c2ccccc2)cc1OC. The van der Waals surface area contributed by atoms with E-state index in [2.05, 4.69) is 5.32 Å². The molecule has 2 aromatic carbocycles. The highest BCUT2D eigenvalue weighted by molar-refractivity contribution is 6.00. The molecule has 2 amide bonds. The van der Waals surface area contributed by atoms with Crippen molar-refractivity contribution in [3.63, 3.8) is 0 Å². The van der Waals surface area contributed by atoms with Crippen molar-refractivity contribution in [1.29, 1.82) is 0 Å². The highest BCUT2D eigenvalue weighted by Crippen LogP contribution is 2.45. The van der Waals surface area contributed by atoms with Gasteiger partial charge in [0.1, 0.15) is 5.92 Å². The first-order valence-corrected chi connectivity index (χ1v) is 9.40. The Bertz CT molecular complexity index is 967. The molecule has 0 spiro atoms. The van der Waals surface area contributed by atoms with Crippen LogP contribution in [0.1, 0.15) is 28.9 Å². The molecule has 1 heterocycles. The van der Waals surface area contributed by atoms with E-state index in [1.165, 1.54) is 54.9 Å². The summed E-state index contributed by atoms with van der Waals surface area (Å²) in [6.07, 6.45) is -5.33. The summed E-state index contributed by atoms with van der Waals surface area (Å²) in [5, 5.41) is 14.4. The molecule has 0 saturated carbocycles. The van der Waals surface area contributed by atoms with Gasteiger partial charge in [-0.25, -0.2) is 4.79 Å². The molecule has 31 heavy (non-hydrogen) atoms. The summed E-state index contributed by atoms with van der Waals surface area (Å²) in [5.74, 6) is -2.57. The van der Waals surface area contributed by atoms with Crippen molar-refractivity contribution in [3.8, 4) is 11.5 Å². The Morgan fingerprint density at radius 3 is 2.42 bits per heavy atom. The van der Waals surface area contributed by atoms with Gasteiger partial charge in [0.05, 0.1) is 19.8 Å². The van der Waals surface area contributed by atoms with Crippen molar-refractivity contribution in [1.82, 2.24) is 10.6 Å². The quantitative estimate of drug-likeness (QED) is 0.602. The summed E-state index contributed by atoms with van der Waals surface area (Å²) in [4.78, 5) is 25.3.